The van der Waals surface area contributed by atoms with Crippen molar-refractivity contribution in [1.82, 2.24) is 0 Å². The highest BCUT2D eigenvalue weighted by atomic mass is 35.5. The van der Waals surface area contributed by atoms with Crippen LogP contribution < -0.4 is 0 Å². The van der Waals surface area contributed by atoms with Gasteiger partial charge in [0, 0.05) is 24.3 Å². The van der Waals surface area contributed by atoms with Crippen LogP contribution in [0.5, 0.6) is 0 Å². The van der Waals surface area contributed by atoms with Gasteiger partial charge in [-0.25, -0.2) is 18.4 Å². The molecule has 8 atom stereocenters. The van der Waals surface area contributed by atoms with Crippen LogP contribution >= 0.6 is 23.2 Å². The summed E-state index contributed by atoms with van der Waals surface area (Å²) >= 11 is 11.6. The summed E-state index contributed by atoms with van der Waals surface area (Å²) in [6.07, 6.45) is -10.1. The molecule has 4 rings (SSSR count). The van der Waals surface area contributed by atoms with Gasteiger partial charge in [-0.2, -0.15) is 0 Å². The molecule has 0 radical (unpaired) electrons. The van der Waals surface area contributed by atoms with E-state index in [0.29, 0.717) is 10.0 Å². The minimum Gasteiger partial charge on any atom is -0.459 e. The molecule has 220 valence electrons. The average Bonchev–Trinajstić information content (AvgIpc) is 3.42. The molecule has 0 amide bonds. The Morgan fingerprint density at radius 3 is 1.75 bits per heavy atom. The van der Waals surface area contributed by atoms with Crippen LogP contribution in [0.2, 0.25) is 10.0 Å². The molecule has 2 aromatic rings. The zero-order valence-corrected chi connectivity index (χ0v) is 22.8. The molecule has 40 heavy (non-hydrogen) atoms. The van der Waals surface area contributed by atoms with Crippen molar-refractivity contribution in [3.63, 3.8) is 0 Å². The van der Waals surface area contributed by atoms with Crippen LogP contribution in [0.4, 0.5) is 8.78 Å². The van der Waals surface area contributed by atoms with Crippen LogP contribution in [0, 0.1) is 0 Å². The molecule has 10 nitrogen and oxygen atoms in total. The summed E-state index contributed by atoms with van der Waals surface area (Å²) < 4.78 is 57.6. The summed E-state index contributed by atoms with van der Waals surface area (Å²) in [6.45, 7) is -0.734. The van der Waals surface area contributed by atoms with Gasteiger partial charge >= 0.3 is 11.9 Å². The number of methoxy groups -OCH3 is 2. The Labute approximate surface area is 238 Å². The molecule has 0 spiro atoms. The number of carbonyl (C=O) groups excluding carboxylic acids is 2. The molecule has 2 aliphatic heterocycles. The van der Waals surface area contributed by atoms with Gasteiger partial charge in [-0.1, -0.05) is 23.2 Å². The molecule has 2 fully saturated rings. The number of rotatable bonds is 8. The van der Waals surface area contributed by atoms with E-state index in [9.17, 15) is 18.4 Å². The lowest BCUT2D eigenvalue weighted by molar-refractivity contribution is -0.142. The second-order valence-electron chi connectivity index (χ2n) is 8.60. The number of ether oxygens (including phenoxy) is 6. The van der Waals surface area contributed by atoms with Gasteiger partial charge in [0.1, 0.15) is 24.9 Å². The SMILES string of the molecule is COC1O[C@H](CO)[C@@H](O)[C@@H]1F.COC1O[C@H](COC(=O)c2ccc(Cl)cc2)[C@@H](OC(=O)c2ccc(Cl)cc2)[C@@H]1F. The highest BCUT2D eigenvalue weighted by molar-refractivity contribution is 6.31. The molecule has 0 aliphatic carbocycles. The van der Waals surface area contributed by atoms with Crippen LogP contribution in [-0.2, 0) is 28.4 Å². The topological polar surface area (TPSA) is 130 Å². The Morgan fingerprint density at radius 1 is 0.825 bits per heavy atom. The van der Waals surface area contributed by atoms with E-state index in [1.54, 1.807) is 12.1 Å². The number of hydrogen-bond donors (Lipinski definition) is 2. The minimum atomic E-state index is -1.75. The minimum absolute atomic E-state index is 0.194. The number of aliphatic hydroxyl groups excluding tert-OH is 2. The third-order valence-electron chi connectivity index (χ3n) is 5.95. The summed E-state index contributed by atoms with van der Waals surface area (Å²) in [4.78, 5) is 24.5. The number of esters is 2. The van der Waals surface area contributed by atoms with Gasteiger partial charge in [0.2, 0.25) is 0 Å². The fourth-order valence-corrected chi connectivity index (χ4v) is 4.03. The first-order valence-electron chi connectivity index (χ1n) is 11.9. The van der Waals surface area contributed by atoms with E-state index in [-0.39, 0.29) is 17.7 Å². The molecular weight excluding hydrogens is 581 g/mol. The van der Waals surface area contributed by atoms with E-state index in [2.05, 4.69) is 4.74 Å². The first-order chi connectivity index (χ1) is 19.1. The van der Waals surface area contributed by atoms with E-state index in [4.69, 9.17) is 57.1 Å². The van der Waals surface area contributed by atoms with Gasteiger partial charge in [-0.3, -0.25) is 0 Å². The Bertz CT molecular complexity index is 1090. The zero-order valence-electron chi connectivity index (χ0n) is 21.3. The third kappa shape index (κ3) is 8.08. The predicted octanol–water partition coefficient (Wildman–Crippen LogP) is 3.13. The van der Waals surface area contributed by atoms with Crippen LogP contribution in [-0.4, -0.2) is 98.9 Å². The number of halogens is 4. The lowest BCUT2D eigenvalue weighted by Gasteiger charge is -2.19. The standard InChI is InChI=1S/C20H17Cl2FO6.C6H11FO4/c1-26-20-16(23)17(29-19(25)12-4-8-14(22)9-5-12)15(28-20)10-27-18(24)11-2-6-13(21)7-3-11;1-10-6-4(7)5(9)3(2-8)11-6/h2-9,15-17,20H,10H2,1H3;3-6,8-9H,2H2,1H3/t15-,16+,17-,20?;3-,4+,5-,6?/m11/s1. The number of carbonyl (C=O) groups is 2. The van der Waals surface area contributed by atoms with Gasteiger partial charge in [-0.05, 0) is 48.5 Å². The van der Waals surface area contributed by atoms with Crippen LogP contribution in [0.15, 0.2) is 48.5 Å². The van der Waals surface area contributed by atoms with Gasteiger partial charge in [0.25, 0.3) is 0 Å². The van der Waals surface area contributed by atoms with Crippen molar-refractivity contribution in [1.29, 1.82) is 0 Å². The molecule has 14 heteroatoms. The highest BCUT2D eigenvalue weighted by Crippen LogP contribution is 2.29. The lowest BCUT2D eigenvalue weighted by atomic mass is 10.1. The summed E-state index contributed by atoms with van der Waals surface area (Å²) in [5, 5.41) is 18.5. The van der Waals surface area contributed by atoms with Crippen molar-refractivity contribution in [3.8, 4) is 0 Å². The lowest BCUT2D eigenvalue weighted by Crippen LogP contribution is -2.37. The summed E-state index contributed by atoms with van der Waals surface area (Å²) in [7, 11) is 2.54. The summed E-state index contributed by atoms with van der Waals surface area (Å²) in [5.74, 6) is -1.41. The van der Waals surface area contributed by atoms with Gasteiger partial charge in [0.05, 0.1) is 17.7 Å². The van der Waals surface area contributed by atoms with E-state index in [0.717, 1.165) is 0 Å². The van der Waals surface area contributed by atoms with Crippen LogP contribution in [0.1, 0.15) is 20.7 Å². The largest absolute Gasteiger partial charge is 0.459 e. The second-order valence-corrected chi connectivity index (χ2v) is 9.47. The molecule has 2 aliphatic rings. The fourth-order valence-electron chi connectivity index (χ4n) is 3.78. The van der Waals surface area contributed by atoms with Crippen molar-refractivity contribution < 1.29 is 57.0 Å². The molecule has 2 heterocycles. The Hall–Kier alpha value is -2.42. The molecule has 0 aromatic heterocycles. The summed E-state index contributed by atoms with van der Waals surface area (Å²) in [5.41, 5.74) is 0.460. The maximum Gasteiger partial charge on any atom is 0.338 e. The predicted molar refractivity (Wildman–Crippen MR) is 137 cm³/mol. The van der Waals surface area contributed by atoms with Crippen molar-refractivity contribution in [2.75, 3.05) is 27.4 Å². The van der Waals surface area contributed by atoms with Crippen LogP contribution in [0.3, 0.4) is 0 Å². The van der Waals surface area contributed by atoms with E-state index in [1.165, 1.54) is 50.6 Å². The maximum atomic E-state index is 14.6. The fraction of sp³-hybridized carbons (Fsp3) is 0.462. The van der Waals surface area contributed by atoms with Gasteiger partial charge < -0.3 is 38.6 Å². The third-order valence-corrected chi connectivity index (χ3v) is 6.46. The first-order valence-corrected chi connectivity index (χ1v) is 12.7. The number of aliphatic hydroxyl groups is 2. The molecule has 2 aromatic carbocycles. The Kier molecular flexibility index (Phi) is 12.0. The van der Waals surface area contributed by atoms with Gasteiger partial charge in [-0.15, -0.1) is 0 Å². The molecule has 2 unspecified atom stereocenters. The normalized spacial score (nSPS) is 29.4. The number of benzene rings is 2. The molecule has 2 saturated heterocycles. The highest BCUT2D eigenvalue weighted by Gasteiger charge is 2.49. The average molecular weight is 609 g/mol. The molecule has 0 saturated carbocycles. The zero-order chi connectivity index (χ0) is 29.4. The van der Waals surface area contributed by atoms with Crippen molar-refractivity contribution >= 4 is 35.1 Å². The molecular formula is C26H28Cl2F2O10. The molecule has 0 bridgehead atoms. The number of hydrogen-bond acceptors (Lipinski definition) is 10. The maximum absolute atomic E-state index is 14.6. The number of alkyl halides is 2. The smallest absolute Gasteiger partial charge is 0.338 e. The van der Waals surface area contributed by atoms with E-state index >= 15 is 0 Å². The van der Waals surface area contributed by atoms with Crippen LogP contribution in [0.25, 0.3) is 0 Å². The van der Waals surface area contributed by atoms with E-state index < -0.39 is 67.9 Å². The second kappa shape index (κ2) is 15.0. The van der Waals surface area contributed by atoms with Gasteiger partial charge in [0.15, 0.2) is 31.0 Å². The Morgan fingerprint density at radius 2 is 1.30 bits per heavy atom. The van der Waals surface area contributed by atoms with E-state index in [1.807, 2.05) is 0 Å². The molecule has 2 N–H and O–H groups in total. The first kappa shape index (κ1) is 32.1. The van der Waals surface area contributed by atoms with Crippen molar-refractivity contribution in [2.24, 2.45) is 0 Å². The summed E-state index contributed by atoms with van der Waals surface area (Å²) in [6, 6.07) is 12.0. The Balaban J connectivity index is 0.000000336. The van der Waals surface area contributed by atoms with Crippen molar-refractivity contribution in [3.05, 3.63) is 69.7 Å². The quantitative estimate of drug-likeness (QED) is 0.431. The van der Waals surface area contributed by atoms with Crippen molar-refractivity contribution in [2.45, 2.75) is 49.3 Å². The monoisotopic (exact) mass is 608 g/mol.